The predicted octanol–water partition coefficient (Wildman–Crippen LogP) is 3.46. The first kappa shape index (κ1) is 12.0. The minimum absolute atomic E-state index is 0.190. The van der Waals surface area contributed by atoms with Crippen LogP contribution in [0.1, 0.15) is 36.7 Å². The molecule has 0 spiro atoms. The maximum Gasteiger partial charge on any atom is 0.121 e. The van der Waals surface area contributed by atoms with Gasteiger partial charge in [-0.15, -0.1) is 0 Å². The van der Waals surface area contributed by atoms with Crippen molar-refractivity contribution < 1.29 is 8.83 Å². The fourth-order valence-electron chi connectivity index (χ4n) is 1.86. The molecule has 92 valence electrons. The molecule has 2 aromatic rings. The number of hydrogen-bond acceptors (Lipinski definition) is 3. The second-order valence-electron chi connectivity index (χ2n) is 4.24. The molecule has 0 saturated carbocycles. The van der Waals surface area contributed by atoms with Crippen LogP contribution in [0.25, 0.3) is 0 Å². The third kappa shape index (κ3) is 3.24. The van der Waals surface area contributed by atoms with Crippen molar-refractivity contribution in [2.24, 2.45) is 0 Å². The Balaban J connectivity index is 2.07. The molecule has 3 nitrogen and oxygen atoms in total. The molecule has 1 unspecified atom stereocenters. The zero-order valence-corrected chi connectivity index (χ0v) is 10.4. The van der Waals surface area contributed by atoms with Crippen LogP contribution in [0.2, 0.25) is 0 Å². The lowest BCUT2D eigenvalue weighted by Gasteiger charge is -2.14. The first-order chi connectivity index (χ1) is 8.29. The lowest BCUT2D eigenvalue weighted by atomic mass is 10.1. The average Bonchev–Trinajstić information content (AvgIpc) is 2.95. The quantitative estimate of drug-likeness (QED) is 0.830. The molecule has 2 aromatic heterocycles. The summed E-state index contributed by atoms with van der Waals surface area (Å²) < 4.78 is 11.1. The van der Waals surface area contributed by atoms with E-state index in [1.165, 1.54) is 0 Å². The van der Waals surface area contributed by atoms with Crippen LogP contribution in [0.3, 0.4) is 0 Å². The molecule has 0 fully saturated rings. The van der Waals surface area contributed by atoms with Gasteiger partial charge in [0.05, 0.1) is 12.3 Å². The van der Waals surface area contributed by atoms with Crippen LogP contribution in [-0.2, 0) is 6.42 Å². The van der Waals surface area contributed by atoms with Crippen molar-refractivity contribution in [3.63, 3.8) is 0 Å². The summed E-state index contributed by atoms with van der Waals surface area (Å²) >= 11 is 0. The maximum absolute atomic E-state index is 5.69. The van der Waals surface area contributed by atoms with Gasteiger partial charge in [0.1, 0.15) is 17.3 Å². The van der Waals surface area contributed by atoms with Gasteiger partial charge in [0.2, 0.25) is 0 Å². The molecule has 0 aliphatic heterocycles. The molecule has 0 aliphatic carbocycles. The van der Waals surface area contributed by atoms with Crippen LogP contribution in [0.5, 0.6) is 0 Å². The van der Waals surface area contributed by atoms with Gasteiger partial charge in [0.25, 0.3) is 0 Å². The largest absolute Gasteiger partial charge is 0.469 e. The number of rotatable bonds is 6. The fraction of sp³-hybridized carbons (Fsp3) is 0.429. The monoisotopic (exact) mass is 233 g/mol. The van der Waals surface area contributed by atoms with E-state index in [2.05, 4.69) is 12.2 Å². The van der Waals surface area contributed by atoms with Crippen LogP contribution in [-0.4, -0.2) is 6.54 Å². The van der Waals surface area contributed by atoms with Crippen molar-refractivity contribution >= 4 is 0 Å². The first-order valence-corrected chi connectivity index (χ1v) is 6.11. The van der Waals surface area contributed by atoms with E-state index >= 15 is 0 Å². The van der Waals surface area contributed by atoms with E-state index in [4.69, 9.17) is 8.83 Å². The zero-order valence-electron chi connectivity index (χ0n) is 10.4. The van der Waals surface area contributed by atoms with Gasteiger partial charge in [0.15, 0.2) is 0 Å². The standard InChI is InChI=1S/C14H19NO2/c1-3-8-15-13(10-12-5-4-9-16-12)14-7-6-11(2)17-14/h4-7,9,13,15H,3,8,10H2,1-2H3. The van der Waals surface area contributed by atoms with Crippen LogP contribution < -0.4 is 5.32 Å². The Bertz CT molecular complexity index is 431. The molecule has 2 heterocycles. The third-order valence-electron chi connectivity index (χ3n) is 2.73. The van der Waals surface area contributed by atoms with Crippen LogP contribution >= 0.6 is 0 Å². The molecule has 3 heteroatoms. The van der Waals surface area contributed by atoms with Crippen molar-refractivity contribution in [3.05, 3.63) is 47.8 Å². The molecule has 1 N–H and O–H groups in total. The Morgan fingerprint density at radius 1 is 1.29 bits per heavy atom. The molecule has 1 atom stereocenters. The average molecular weight is 233 g/mol. The minimum Gasteiger partial charge on any atom is -0.469 e. The molecule has 0 saturated heterocycles. The normalized spacial score (nSPS) is 12.8. The summed E-state index contributed by atoms with van der Waals surface area (Å²) in [5.74, 6) is 2.91. The second-order valence-corrected chi connectivity index (χ2v) is 4.24. The van der Waals surface area contributed by atoms with Crippen molar-refractivity contribution in [1.29, 1.82) is 0 Å². The highest BCUT2D eigenvalue weighted by Crippen LogP contribution is 2.21. The van der Waals surface area contributed by atoms with Gasteiger partial charge in [-0.25, -0.2) is 0 Å². The molecule has 0 bridgehead atoms. The van der Waals surface area contributed by atoms with Gasteiger partial charge in [0, 0.05) is 6.42 Å². The third-order valence-corrected chi connectivity index (χ3v) is 2.73. The van der Waals surface area contributed by atoms with Crippen LogP contribution in [0, 0.1) is 6.92 Å². The lowest BCUT2D eigenvalue weighted by molar-refractivity contribution is 0.377. The summed E-state index contributed by atoms with van der Waals surface area (Å²) in [6.07, 6.45) is 3.63. The summed E-state index contributed by atoms with van der Waals surface area (Å²) in [5, 5.41) is 3.48. The number of furan rings is 2. The number of aryl methyl sites for hydroxylation is 1. The summed E-state index contributed by atoms with van der Waals surface area (Å²) in [6, 6.07) is 8.13. The molecule has 0 amide bonds. The molecule has 0 aromatic carbocycles. The van der Waals surface area contributed by atoms with E-state index in [9.17, 15) is 0 Å². The van der Waals surface area contributed by atoms with Crippen LogP contribution in [0.15, 0.2) is 39.4 Å². The number of hydrogen-bond donors (Lipinski definition) is 1. The van der Waals surface area contributed by atoms with Gasteiger partial charge in [-0.3, -0.25) is 0 Å². The zero-order chi connectivity index (χ0) is 12.1. The van der Waals surface area contributed by atoms with E-state index in [-0.39, 0.29) is 6.04 Å². The van der Waals surface area contributed by atoms with E-state index in [1.807, 2.05) is 31.2 Å². The molecule has 2 rings (SSSR count). The summed E-state index contributed by atoms with van der Waals surface area (Å²) in [6.45, 7) is 5.10. The van der Waals surface area contributed by atoms with E-state index in [0.717, 1.165) is 36.7 Å². The molecule has 17 heavy (non-hydrogen) atoms. The van der Waals surface area contributed by atoms with Gasteiger partial charge in [-0.2, -0.15) is 0 Å². The molecular weight excluding hydrogens is 214 g/mol. The second kappa shape index (κ2) is 5.73. The molecule has 0 aliphatic rings. The fourth-order valence-corrected chi connectivity index (χ4v) is 1.86. The minimum atomic E-state index is 0.190. The van der Waals surface area contributed by atoms with E-state index in [1.54, 1.807) is 6.26 Å². The Kier molecular flexibility index (Phi) is 4.04. The predicted molar refractivity (Wildman–Crippen MR) is 66.9 cm³/mol. The molecule has 0 radical (unpaired) electrons. The van der Waals surface area contributed by atoms with Gasteiger partial charge >= 0.3 is 0 Å². The van der Waals surface area contributed by atoms with Crippen molar-refractivity contribution in [2.45, 2.75) is 32.7 Å². The summed E-state index contributed by atoms with van der Waals surface area (Å²) in [4.78, 5) is 0. The van der Waals surface area contributed by atoms with Crippen molar-refractivity contribution in [3.8, 4) is 0 Å². The van der Waals surface area contributed by atoms with Crippen molar-refractivity contribution in [1.82, 2.24) is 5.32 Å². The van der Waals surface area contributed by atoms with Gasteiger partial charge in [-0.05, 0) is 44.2 Å². The van der Waals surface area contributed by atoms with Crippen molar-refractivity contribution in [2.75, 3.05) is 6.54 Å². The Morgan fingerprint density at radius 2 is 2.18 bits per heavy atom. The number of nitrogens with one attached hydrogen (secondary N) is 1. The Hall–Kier alpha value is -1.48. The SMILES string of the molecule is CCCNC(Cc1ccco1)c1ccc(C)o1. The van der Waals surface area contributed by atoms with E-state index in [0.29, 0.717) is 0 Å². The Morgan fingerprint density at radius 3 is 2.76 bits per heavy atom. The summed E-state index contributed by atoms with van der Waals surface area (Å²) in [7, 11) is 0. The van der Waals surface area contributed by atoms with Crippen LogP contribution in [0.4, 0.5) is 0 Å². The highest BCUT2D eigenvalue weighted by atomic mass is 16.3. The topological polar surface area (TPSA) is 38.3 Å². The van der Waals surface area contributed by atoms with Gasteiger partial charge < -0.3 is 14.2 Å². The highest BCUT2D eigenvalue weighted by molar-refractivity contribution is 5.13. The maximum atomic E-state index is 5.69. The first-order valence-electron chi connectivity index (χ1n) is 6.11. The highest BCUT2D eigenvalue weighted by Gasteiger charge is 2.16. The lowest BCUT2D eigenvalue weighted by Crippen LogP contribution is -2.23. The summed E-state index contributed by atoms with van der Waals surface area (Å²) in [5.41, 5.74) is 0. The van der Waals surface area contributed by atoms with Gasteiger partial charge in [-0.1, -0.05) is 6.92 Å². The van der Waals surface area contributed by atoms with E-state index < -0.39 is 0 Å². The smallest absolute Gasteiger partial charge is 0.121 e. The Labute approximate surface area is 102 Å². The molecular formula is C14H19NO2.